The predicted octanol–water partition coefficient (Wildman–Crippen LogP) is 4.85. The molecule has 2 rings (SSSR count). The number of unbranched alkanes of at least 4 members (excludes halogenated alkanes) is 1. The summed E-state index contributed by atoms with van der Waals surface area (Å²) < 4.78 is 118. The maximum absolute atomic E-state index is 13.7. The van der Waals surface area contributed by atoms with Crippen molar-refractivity contribution < 1.29 is 48.8 Å². The lowest BCUT2D eigenvalue weighted by Crippen LogP contribution is -2.72. The Bertz CT molecular complexity index is 1120. The Morgan fingerprint density at radius 2 is 1.63 bits per heavy atom. The number of sulfonamides is 1. The van der Waals surface area contributed by atoms with Gasteiger partial charge in [0.15, 0.2) is 0 Å². The van der Waals surface area contributed by atoms with E-state index in [4.69, 9.17) is 4.52 Å². The second-order valence-electron chi connectivity index (χ2n) is 7.34. The summed E-state index contributed by atoms with van der Waals surface area (Å²) in [6.45, 7) is 4.35. The number of carbonyl (C=O) groups excluding carboxylic acids is 1. The molecule has 0 aliphatic carbocycles. The molecule has 0 atom stereocenters. The van der Waals surface area contributed by atoms with Crippen molar-refractivity contribution in [1.29, 1.82) is 0 Å². The lowest BCUT2D eigenvalue weighted by atomic mass is 10.1. The number of nitrogens with zero attached hydrogens (tertiary/aromatic N) is 1. The minimum atomic E-state index is -6.07. The first-order valence-electron chi connectivity index (χ1n) is 9.96. The van der Waals surface area contributed by atoms with Gasteiger partial charge in [0.25, 0.3) is 10.0 Å². The van der Waals surface area contributed by atoms with Gasteiger partial charge in [-0.1, -0.05) is 18.5 Å². The molecule has 0 unspecified atom stereocenters. The number of carbonyl (C=O) groups is 1. The van der Waals surface area contributed by atoms with Gasteiger partial charge in [0.2, 0.25) is 5.88 Å². The average molecular weight is 532 g/mol. The van der Waals surface area contributed by atoms with Gasteiger partial charge in [0.1, 0.15) is 0 Å². The highest BCUT2D eigenvalue weighted by atomic mass is 32.2. The fourth-order valence-corrected chi connectivity index (χ4v) is 3.65. The molecular weight excluding hydrogens is 510 g/mol. The summed E-state index contributed by atoms with van der Waals surface area (Å²) >= 11 is 0. The Kier molecular flexibility index (Phi) is 8.19. The topological polar surface area (TPSA) is 123 Å². The van der Waals surface area contributed by atoms with Gasteiger partial charge in [-0.3, -0.25) is 5.32 Å². The zero-order valence-electron chi connectivity index (χ0n) is 18.6. The van der Waals surface area contributed by atoms with Crippen LogP contribution in [-0.4, -0.2) is 44.3 Å². The molecule has 196 valence electrons. The van der Waals surface area contributed by atoms with E-state index < -0.39 is 51.3 Å². The Balaban J connectivity index is 2.34. The zero-order chi connectivity index (χ0) is 26.7. The number of amides is 1. The molecule has 0 fully saturated rings. The molecule has 0 saturated carbocycles. The molecule has 16 heteroatoms. The van der Waals surface area contributed by atoms with E-state index in [9.17, 15) is 39.6 Å². The Morgan fingerprint density at radius 3 is 2.09 bits per heavy atom. The molecule has 1 heterocycles. The van der Waals surface area contributed by atoms with Gasteiger partial charge in [-0.2, -0.15) is 26.3 Å². The summed E-state index contributed by atoms with van der Waals surface area (Å²) in [5.41, 5.74) is -4.93. The Hall–Kier alpha value is -3.17. The minimum Gasteiger partial charge on any atom is -0.450 e. The van der Waals surface area contributed by atoms with Gasteiger partial charge < -0.3 is 14.6 Å². The molecule has 0 radical (unpaired) electrons. The summed E-state index contributed by atoms with van der Waals surface area (Å²) in [6.07, 6.45) is -13.4. The largest absolute Gasteiger partial charge is 0.450 e. The number of nitrogens with one attached hydrogen (secondary N) is 3. The number of ether oxygens (including phenoxy) is 1. The van der Waals surface area contributed by atoms with Crippen molar-refractivity contribution in [2.75, 3.05) is 16.6 Å². The standard InChI is InChI=1S/C19H22F6N4O5S/c1-4-5-10-33-16(30)27-17(18(20,21)22,19(23,24)25)26-13-6-8-14(9-7-13)35(31,32)29-15-11(2)12(3)28-34-15/h6-9,26,29H,4-5,10H2,1-3H3,(H,27,30). The summed E-state index contributed by atoms with van der Waals surface area (Å²) in [5.74, 6) is -0.205. The van der Waals surface area contributed by atoms with E-state index in [1.165, 1.54) is 12.2 Å². The first kappa shape index (κ1) is 28.1. The normalized spacial score (nSPS) is 12.8. The van der Waals surface area contributed by atoms with Crippen molar-refractivity contribution >= 4 is 27.7 Å². The van der Waals surface area contributed by atoms with E-state index in [0.717, 1.165) is 17.4 Å². The number of alkyl carbamates (subject to hydrolysis) is 1. The van der Waals surface area contributed by atoms with E-state index in [-0.39, 0.29) is 12.3 Å². The van der Waals surface area contributed by atoms with Crippen molar-refractivity contribution in [2.45, 2.75) is 56.5 Å². The van der Waals surface area contributed by atoms with Crippen molar-refractivity contribution in [3.8, 4) is 0 Å². The summed E-state index contributed by atoms with van der Waals surface area (Å²) in [4.78, 5) is 11.2. The number of hydrogen-bond acceptors (Lipinski definition) is 7. The van der Waals surface area contributed by atoms with E-state index in [0.29, 0.717) is 29.8 Å². The number of rotatable bonds is 9. The molecule has 1 aromatic carbocycles. The number of hydrogen-bond donors (Lipinski definition) is 3. The van der Waals surface area contributed by atoms with Crippen LogP contribution in [-0.2, 0) is 14.8 Å². The highest BCUT2D eigenvalue weighted by Crippen LogP contribution is 2.43. The molecule has 0 aliphatic rings. The number of aryl methyl sites for hydroxylation is 1. The van der Waals surface area contributed by atoms with Crippen molar-refractivity contribution in [3.05, 3.63) is 35.5 Å². The maximum atomic E-state index is 13.7. The fraction of sp³-hybridized carbons (Fsp3) is 0.474. The van der Waals surface area contributed by atoms with Crippen LogP contribution in [0.1, 0.15) is 31.0 Å². The molecule has 0 spiro atoms. The lowest BCUT2D eigenvalue weighted by Gasteiger charge is -2.38. The van der Waals surface area contributed by atoms with Crippen LogP contribution >= 0.6 is 0 Å². The highest BCUT2D eigenvalue weighted by molar-refractivity contribution is 7.92. The lowest BCUT2D eigenvalue weighted by molar-refractivity contribution is -0.294. The molecular formula is C19H22F6N4O5S. The van der Waals surface area contributed by atoms with Crippen LogP contribution < -0.4 is 15.4 Å². The van der Waals surface area contributed by atoms with Crippen LogP contribution in [0.4, 0.5) is 42.7 Å². The van der Waals surface area contributed by atoms with E-state index in [1.54, 1.807) is 13.8 Å². The molecule has 9 nitrogen and oxygen atoms in total. The van der Waals surface area contributed by atoms with Crippen LogP contribution in [0.15, 0.2) is 33.7 Å². The van der Waals surface area contributed by atoms with Crippen LogP contribution in [0.3, 0.4) is 0 Å². The van der Waals surface area contributed by atoms with Crippen molar-refractivity contribution in [1.82, 2.24) is 10.5 Å². The molecule has 0 bridgehead atoms. The third-order valence-corrected chi connectivity index (χ3v) is 6.10. The van der Waals surface area contributed by atoms with Gasteiger partial charge in [0.05, 0.1) is 17.2 Å². The molecule has 2 aromatic rings. The number of anilines is 2. The zero-order valence-corrected chi connectivity index (χ0v) is 19.4. The number of halogens is 6. The molecule has 0 saturated heterocycles. The number of aromatic nitrogens is 1. The Morgan fingerprint density at radius 1 is 1.06 bits per heavy atom. The number of alkyl halides is 6. The van der Waals surface area contributed by atoms with E-state index >= 15 is 0 Å². The van der Waals surface area contributed by atoms with Crippen LogP contribution in [0.5, 0.6) is 0 Å². The van der Waals surface area contributed by atoms with Crippen molar-refractivity contribution in [2.24, 2.45) is 0 Å². The second-order valence-corrected chi connectivity index (χ2v) is 9.02. The first-order valence-corrected chi connectivity index (χ1v) is 11.4. The third-order valence-electron chi connectivity index (χ3n) is 4.75. The summed E-state index contributed by atoms with van der Waals surface area (Å²) in [6, 6.07) is 2.87. The van der Waals surface area contributed by atoms with Crippen LogP contribution in [0, 0.1) is 13.8 Å². The highest BCUT2D eigenvalue weighted by Gasteiger charge is 2.73. The van der Waals surface area contributed by atoms with Gasteiger partial charge >= 0.3 is 24.1 Å². The smallest absolute Gasteiger partial charge is 0.439 e. The average Bonchev–Trinajstić information content (AvgIpc) is 3.04. The maximum Gasteiger partial charge on any atom is 0.439 e. The minimum absolute atomic E-state index is 0.205. The molecule has 0 aliphatic heterocycles. The summed E-state index contributed by atoms with van der Waals surface area (Å²) in [7, 11) is -4.32. The van der Waals surface area contributed by atoms with Gasteiger partial charge in [0, 0.05) is 11.3 Å². The summed E-state index contributed by atoms with van der Waals surface area (Å²) in [5, 5.41) is 5.63. The third kappa shape index (κ3) is 6.29. The first-order chi connectivity index (χ1) is 16.0. The van der Waals surface area contributed by atoms with Crippen LogP contribution in [0.25, 0.3) is 0 Å². The molecule has 3 N–H and O–H groups in total. The quantitative estimate of drug-likeness (QED) is 0.240. The van der Waals surface area contributed by atoms with Gasteiger partial charge in [-0.15, -0.1) is 0 Å². The van der Waals surface area contributed by atoms with E-state index in [2.05, 4.69) is 14.6 Å². The van der Waals surface area contributed by atoms with Gasteiger partial charge in [-0.25, -0.2) is 17.9 Å². The van der Waals surface area contributed by atoms with Crippen molar-refractivity contribution in [3.63, 3.8) is 0 Å². The molecule has 1 aromatic heterocycles. The monoisotopic (exact) mass is 532 g/mol. The SMILES string of the molecule is CCCCOC(=O)NC(Nc1ccc(S(=O)(=O)Nc2onc(C)c2C)cc1)(C(F)(F)F)C(F)(F)F. The molecule has 35 heavy (non-hydrogen) atoms. The predicted molar refractivity (Wildman–Crippen MR) is 111 cm³/mol. The van der Waals surface area contributed by atoms with Crippen LogP contribution in [0.2, 0.25) is 0 Å². The Labute approximate surface area is 196 Å². The second kappa shape index (κ2) is 10.2. The fourth-order valence-electron chi connectivity index (χ4n) is 2.60. The number of benzene rings is 1. The van der Waals surface area contributed by atoms with E-state index in [1.807, 2.05) is 0 Å². The van der Waals surface area contributed by atoms with Gasteiger partial charge in [-0.05, 0) is 44.5 Å². The molecule has 1 amide bonds.